The largest absolute Gasteiger partial charge is 0.451 e. The number of hydrogen-bond donors (Lipinski definition) is 1. The van der Waals surface area contributed by atoms with E-state index in [4.69, 9.17) is 4.74 Å². The van der Waals surface area contributed by atoms with Gasteiger partial charge in [0.1, 0.15) is 5.82 Å². The van der Waals surface area contributed by atoms with Gasteiger partial charge >= 0.3 is 6.18 Å². The standard InChI is InChI=1S/C13H11F4N3O/c1-7-4-3-5-8(11(7)14)21-10-6-9(18-2)19-12(20-10)13(15,16)17/h3-6H,1-2H3,(H,18,19,20). The van der Waals surface area contributed by atoms with Crippen LogP contribution in [0.2, 0.25) is 0 Å². The van der Waals surface area contributed by atoms with Crippen molar-refractivity contribution in [2.45, 2.75) is 13.1 Å². The van der Waals surface area contributed by atoms with E-state index in [1.165, 1.54) is 32.2 Å². The molecule has 0 atom stereocenters. The quantitative estimate of drug-likeness (QED) is 0.877. The topological polar surface area (TPSA) is 47.0 Å². The average Bonchev–Trinajstić information content (AvgIpc) is 2.42. The van der Waals surface area contributed by atoms with Crippen molar-refractivity contribution in [1.29, 1.82) is 0 Å². The smallest absolute Gasteiger partial charge is 0.436 e. The molecule has 8 heteroatoms. The lowest BCUT2D eigenvalue weighted by Crippen LogP contribution is -2.13. The third-order valence-electron chi connectivity index (χ3n) is 2.58. The first-order chi connectivity index (χ1) is 9.81. The van der Waals surface area contributed by atoms with Crippen molar-refractivity contribution >= 4 is 5.82 Å². The zero-order valence-electron chi connectivity index (χ0n) is 11.1. The number of benzene rings is 1. The summed E-state index contributed by atoms with van der Waals surface area (Å²) in [5.41, 5.74) is 0.312. The van der Waals surface area contributed by atoms with Crippen molar-refractivity contribution in [2.24, 2.45) is 0 Å². The van der Waals surface area contributed by atoms with Crippen LogP contribution in [0.5, 0.6) is 11.6 Å². The fourth-order valence-corrected chi connectivity index (χ4v) is 1.54. The third-order valence-corrected chi connectivity index (χ3v) is 2.58. The van der Waals surface area contributed by atoms with Crippen LogP contribution in [0.25, 0.3) is 0 Å². The zero-order chi connectivity index (χ0) is 15.6. The SMILES string of the molecule is CNc1cc(Oc2cccc(C)c2F)nc(C(F)(F)F)n1. The molecule has 2 rings (SSSR count). The van der Waals surface area contributed by atoms with Crippen molar-refractivity contribution in [2.75, 3.05) is 12.4 Å². The fraction of sp³-hybridized carbons (Fsp3) is 0.231. The number of nitrogens with zero attached hydrogens (tertiary/aromatic N) is 2. The predicted molar refractivity (Wildman–Crippen MR) is 67.8 cm³/mol. The van der Waals surface area contributed by atoms with Gasteiger partial charge in [-0.1, -0.05) is 12.1 Å². The Morgan fingerprint density at radius 1 is 1.19 bits per heavy atom. The van der Waals surface area contributed by atoms with Crippen LogP contribution >= 0.6 is 0 Å². The molecule has 0 saturated heterocycles. The predicted octanol–water partition coefficient (Wildman–Crippen LogP) is 3.78. The number of hydrogen-bond acceptors (Lipinski definition) is 4. The normalized spacial score (nSPS) is 11.3. The van der Waals surface area contributed by atoms with E-state index in [1.54, 1.807) is 0 Å². The first-order valence-electron chi connectivity index (χ1n) is 5.88. The van der Waals surface area contributed by atoms with E-state index in [-0.39, 0.29) is 11.6 Å². The maximum atomic E-state index is 13.8. The van der Waals surface area contributed by atoms with Gasteiger partial charge in [0.25, 0.3) is 0 Å². The van der Waals surface area contributed by atoms with Crippen LogP contribution < -0.4 is 10.1 Å². The summed E-state index contributed by atoms with van der Waals surface area (Å²) in [5, 5.41) is 2.47. The Labute approximate surface area is 117 Å². The molecule has 0 radical (unpaired) electrons. The van der Waals surface area contributed by atoms with Gasteiger partial charge in [0.05, 0.1) is 0 Å². The molecular weight excluding hydrogens is 290 g/mol. The molecule has 0 saturated carbocycles. The first-order valence-corrected chi connectivity index (χ1v) is 5.88. The number of aryl methyl sites for hydroxylation is 1. The monoisotopic (exact) mass is 301 g/mol. The van der Waals surface area contributed by atoms with E-state index in [1.807, 2.05) is 0 Å². The minimum absolute atomic E-state index is 0.0830. The second-order valence-electron chi connectivity index (χ2n) is 4.15. The molecule has 1 N–H and O–H groups in total. The summed E-state index contributed by atoms with van der Waals surface area (Å²) in [6.45, 7) is 1.52. The van der Waals surface area contributed by atoms with E-state index >= 15 is 0 Å². The second kappa shape index (κ2) is 5.55. The van der Waals surface area contributed by atoms with E-state index in [2.05, 4.69) is 15.3 Å². The number of alkyl halides is 3. The highest BCUT2D eigenvalue weighted by atomic mass is 19.4. The molecule has 0 fully saturated rings. The van der Waals surface area contributed by atoms with E-state index < -0.39 is 23.7 Å². The molecule has 4 nitrogen and oxygen atoms in total. The zero-order valence-corrected chi connectivity index (χ0v) is 11.1. The van der Waals surface area contributed by atoms with Gasteiger partial charge in [-0.2, -0.15) is 18.2 Å². The summed E-state index contributed by atoms with van der Waals surface area (Å²) in [6.07, 6.45) is -4.73. The van der Waals surface area contributed by atoms with Crippen molar-refractivity contribution in [3.8, 4) is 11.6 Å². The molecule has 0 aliphatic carbocycles. The molecule has 1 aromatic heterocycles. The molecule has 0 amide bonds. The van der Waals surface area contributed by atoms with E-state index in [9.17, 15) is 17.6 Å². The van der Waals surface area contributed by atoms with Crippen LogP contribution in [0.4, 0.5) is 23.4 Å². The van der Waals surface area contributed by atoms with Gasteiger partial charge in [-0.3, -0.25) is 0 Å². The summed E-state index contributed by atoms with van der Waals surface area (Å²) < 4.78 is 57.0. The molecule has 2 aromatic rings. The van der Waals surface area contributed by atoms with Crippen molar-refractivity contribution < 1.29 is 22.3 Å². The Balaban J connectivity index is 2.42. The molecule has 0 bridgehead atoms. The molecule has 1 heterocycles. The molecule has 0 aliphatic rings. The maximum absolute atomic E-state index is 13.8. The molecule has 0 aliphatic heterocycles. The summed E-state index contributed by atoms with van der Waals surface area (Å²) in [4.78, 5) is 6.54. The average molecular weight is 301 g/mol. The lowest BCUT2D eigenvalue weighted by molar-refractivity contribution is -0.145. The van der Waals surface area contributed by atoms with E-state index in [0.717, 1.165) is 6.07 Å². The van der Waals surface area contributed by atoms with E-state index in [0.29, 0.717) is 5.56 Å². The summed E-state index contributed by atoms with van der Waals surface area (Å²) in [7, 11) is 1.40. The number of aromatic nitrogens is 2. The van der Waals surface area contributed by atoms with Crippen molar-refractivity contribution in [1.82, 2.24) is 9.97 Å². The number of halogens is 4. The lowest BCUT2D eigenvalue weighted by atomic mass is 10.2. The van der Waals surface area contributed by atoms with Gasteiger partial charge in [-0.05, 0) is 18.6 Å². The highest BCUT2D eigenvalue weighted by Gasteiger charge is 2.35. The Morgan fingerprint density at radius 3 is 2.52 bits per heavy atom. The lowest BCUT2D eigenvalue weighted by Gasteiger charge is -2.11. The maximum Gasteiger partial charge on any atom is 0.451 e. The second-order valence-corrected chi connectivity index (χ2v) is 4.15. The molecule has 112 valence electrons. The third kappa shape index (κ3) is 3.39. The van der Waals surface area contributed by atoms with Gasteiger partial charge in [0.2, 0.25) is 11.7 Å². The van der Waals surface area contributed by atoms with Crippen molar-refractivity contribution in [3.05, 3.63) is 41.5 Å². The highest BCUT2D eigenvalue weighted by molar-refractivity contribution is 5.40. The van der Waals surface area contributed by atoms with Crippen LogP contribution in [0.15, 0.2) is 24.3 Å². The van der Waals surface area contributed by atoms with Crippen LogP contribution in [0.1, 0.15) is 11.4 Å². The van der Waals surface area contributed by atoms with Crippen LogP contribution in [-0.2, 0) is 6.18 Å². The molecule has 21 heavy (non-hydrogen) atoms. The van der Waals surface area contributed by atoms with Gasteiger partial charge < -0.3 is 10.1 Å². The van der Waals surface area contributed by atoms with Crippen LogP contribution in [0.3, 0.4) is 0 Å². The summed E-state index contributed by atoms with van der Waals surface area (Å²) >= 11 is 0. The highest BCUT2D eigenvalue weighted by Crippen LogP contribution is 2.31. The van der Waals surface area contributed by atoms with Gasteiger partial charge in [-0.15, -0.1) is 0 Å². The fourth-order valence-electron chi connectivity index (χ4n) is 1.54. The molecule has 1 aromatic carbocycles. The number of anilines is 1. The molecule has 0 unspecified atom stereocenters. The number of nitrogens with one attached hydrogen (secondary N) is 1. The summed E-state index contributed by atoms with van der Waals surface area (Å²) in [6, 6.07) is 5.49. The van der Waals surface area contributed by atoms with Gasteiger partial charge in [0, 0.05) is 13.1 Å². The van der Waals surface area contributed by atoms with Gasteiger partial charge in [0.15, 0.2) is 11.6 Å². The minimum atomic E-state index is -4.73. The number of rotatable bonds is 3. The van der Waals surface area contributed by atoms with Crippen LogP contribution in [0, 0.1) is 12.7 Å². The van der Waals surface area contributed by atoms with Gasteiger partial charge in [-0.25, -0.2) is 9.37 Å². The molecule has 0 spiro atoms. The Hall–Kier alpha value is -2.38. The summed E-state index contributed by atoms with van der Waals surface area (Å²) in [5.74, 6) is -2.71. The Morgan fingerprint density at radius 2 is 1.90 bits per heavy atom. The minimum Gasteiger partial charge on any atom is -0.436 e. The Kier molecular flexibility index (Phi) is 3.97. The van der Waals surface area contributed by atoms with Crippen molar-refractivity contribution in [3.63, 3.8) is 0 Å². The number of ether oxygens (including phenoxy) is 1. The molecular formula is C13H11F4N3O. The van der Waals surface area contributed by atoms with Crippen LogP contribution in [-0.4, -0.2) is 17.0 Å². The Bertz CT molecular complexity index is 658. The first kappa shape index (κ1) is 15.0.